The fraction of sp³-hybridized carbons (Fsp3) is 0.682. The molecule has 4 atom stereocenters. The van der Waals surface area contributed by atoms with Crippen molar-refractivity contribution in [1.82, 2.24) is 14.7 Å². The van der Waals surface area contributed by atoms with E-state index in [0.717, 1.165) is 48.7 Å². The Balaban J connectivity index is 1.39. The number of rotatable bonds is 4. The maximum Gasteiger partial charge on any atom is 0.108 e. The van der Waals surface area contributed by atoms with Crippen LogP contribution in [0.1, 0.15) is 64.0 Å². The molecule has 2 aliphatic heterocycles. The molecule has 4 bridgehead atoms. The number of nitrogens with zero attached hydrogens (tertiary/aromatic N) is 3. The molecule has 2 N–H and O–H groups in total. The van der Waals surface area contributed by atoms with Crippen molar-refractivity contribution in [1.29, 1.82) is 0 Å². The molecule has 1 aromatic heterocycles. The zero-order valence-corrected chi connectivity index (χ0v) is 17.7. The first-order valence-electron chi connectivity index (χ1n) is 10.5. The third kappa shape index (κ3) is 2.82. The Hall–Kier alpha value is -1.14. The monoisotopic (exact) mass is 403 g/mol. The van der Waals surface area contributed by atoms with E-state index >= 15 is 0 Å². The van der Waals surface area contributed by atoms with Crippen molar-refractivity contribution < 1.29 is 10.2 Å². The molecule has 2 saturated heterocycles. The fourth-order valence-corrected chi connectivity index (χ4v) is 7.08. The molecule has 5 nitrogen and oxygen atoms in total. The van der Waals surface area contributed by atoms with Gasteiger partial charge in [0.25, 0.3) is 0 Å². The second-order valence-electron chi connectivity index (χ2n) is 10.0. The first kappa shape index (κ1) is 18.9. The molecular weight excluding hydrogens is 374 g/mol. The smallest absolute Gasteiger partial charge is 0.108 e. The Morgan fingerprint density at radius 1 is 1.25 bits per heavy atom. The van der Waals surface area contributed by atoms with Crippen molar-refractivity contribution >= 4 is 22.5 Å². The lowest BCUT2D eigenvalue weighted by Gasteiger charge is -2.64. The molecule has 0 spiro atoms. The van der Waals surface area contributed by atoms with Gasteiger partial charge in [0.2, 0.25) is 0 Å². The quantitative estimate of drug-likeness (QED) is 0.814. The average molecular weight is 404 g/mol. The largest absolute Gasteiger partial charge is 0.390 e. The van der Waals surface area contributed by atoms with Gasteiger partial charge in [0.05, 0.1) is 21.8 Å². The summed E-state index contributed by atoms with van der Waals surface area (Å²) in [6.45, 7) is 4.44. The molecule has 0 radical (unpaired) electrons. The summed E-state index contributed by atoms with van der Waals surface area (Å²) in [5.74, 6) is 0.0921. The van der Waals surface area contributed by atoms with E-state index < -0.39 is 11.8 Å². The van der Waals surface area contributed by atoms with E-state index in [1.54, 1.807) is 0 Å². The van der Waals surface area contributed by atoms with Crippen molar-refractivity contribution in [2.45, 2.75) is 82.2 Å². The van der Waals surface area contributed by atoms with Gasteiger partial charge in [-0.15, -0.1) is 0 Å². The summed E-state index contributed by atoms with van der Waals surface area (Å²) in [7, 11) is 1.94. The van der Waals surface area contributed by atoms with Gasteiger partial charge in [-0.2, -0.15) is 5.10 Å². The van der Waals surface area contributed by atoms with Crippen LogP contribution in [0.15, 0.2) is 18.2 Å². The Morgan fingerprint density at radius 2 is 1.93 bits per heavy atom. The van der Waals surface area contributed by atoms with Gasteiger partial charge in [0.1, 0.15) is 6.23 Å². The molecule has 152 valence electrons. The first-order chi connectivity index (χ1) is 13.2. The van der Waals surface area contributed by atoms with E-state index in [2.05, 4.69) is 18.7 Å². The van der Waals surface area contributed by atoms with E-state index in [0.29, 0.717) is 11.4 Å². The molecule has 4 fully saturated rings. The molecule has 28 heavy (non-hydrogen) atoms. The van der Waals surface area contributed by atoms with Crippen LogP contribution in [0.3, 0.4) is 0 Å². The van der Waals surface area contributed by atoms with Gasteiger partial charge in [-0.25, -0.2) is 0 Å². The van der Waals surface area contributed by atoms with E-state index in [9.17, 15) is 10.2 Å². The van der Waals surface area contributed by atoms with Crippen LogP contribution in [0.2, 0.25) is 5.02 Å². The number of hydrogen-bond acceptors (Lipinski definition) is 4. The highest BCUT2D eigenvalue weighted by molar-refractivity contribution is 6.35. The van der Waals surface area contributed by atoms with Crippen LogP contribution in [0.25, 0.3) is 10.9 Å². The molecule has 2 saturated carbocycles. The van der Waals surface area contributed by atoms with Crippen molar-refractivity contribution in [2.75, 3.05) is 0 Å². The lowest BCUT2D eigenvalue weighted by molar-refractivity contribution is -0.221. The molecular formula is C22H30ClN3O2. The van der Waals surface area contributed by atoms with Gasteiger partial charge in [-0.1, -0.05) is 31.5 Å². The summed E-state index contributed by atoms with van der Waals surface area (Å²) < 4.78 is 1.87. The number of halogens is 1. The van der Waals surface area contributed by atoms with E-state index in [1.165, 1.54) is 0 Å². The molecule has 1 aromatic carbocycles. The van der Waals surface area contributed by atoms with Crippen molar-refractivity contribution in [3.05, 3.63) is 28.9 Å². The molecule has 4 aliphatic rings. The van der Waals surface area contributed by atoms with Crippen molar-refractivity contribution in [2.24, 2.45) is 12.5 Å². The number of fused-ring (bicyclic) bond motifs is 1. The van der Waals surface area contributed by atoms with Crippen LogP contribution in [0, 0.1) is 5.41 Å². The Bertz CT molecular complexity index is 890. The number of hydrogen-bond donors (Lipinski definition) is 2. The van der Waals surface area contributed by atoms with Gasteiger partial charge in [0, 0.05) is 30.4 Å². The van der Waals surface area contributed by atoms with Crippen LogP contribution in [0.4, 0.5) is 0 Å². The molecule has 6 rings (SSSR count). The highest BCUT2D eigenvalue weighted by atomic mass is 35.5. The lowest BCUT2D eigenvalue weighted by Crippen LogP contribution is -2.69. The normalized spacial score (nSPS) is 36.9. The minimum absolute atomic E-state index is 0.0921. The molecule has 2 aromatic rings. The molecule has 6 heteroatoms. The summed E-state index contributed by atoms with van der Waals surface area (Å²) in [6, 6.07) is 6.44. The van der Waals surface area contributed by atoms with Gasteiger partial charge >= 0.3 is 0 Å². The van der Waals surface area contributed by atoms with Gasteiger partial charge in [0.15, 0.2) is 0 Å². The third-order valence-electron chi connectivity index (χ3n) is 7.52. The minimum Gasteiger partial charge on any atom is -0.390 e. The minimum atomic E-state index is -0.521. The van der Waals surface area contributed by atoms with Crippen LogP contribution >= 0.6 is 11.6 Å². The number of benzene rings is 1. The highest BCUT2D eigenvalue weighted by Crippen LogP contribution is 2.58. The number of aromatic nitrogens is 2. The zero-order chi connectivity index (χ0) is 19.8. The molecule has 4 unspecified atom stereocenters. The summed E-state index contributed by atoms with van der Waals surface area (Å²) in [6.07, 6.45) is 4.78. The second kappa shape index (κ2) is 6.18. The Morgan fingerprint density at radius 3 is 2.57 bits per heavy atom. The first-order valence-corrected chi connectivity index (χ1v) is 10.8. The van der Waals surface area contributed by atoms with E-state index in [1.807, 2.05) is 29.9 Å². The molecule has 2 aliphatic carbocycles. The van der Waals surface area contributed by atoms with Crippen LogP contribution < -0.4 is 0 Å². The number of aliphatic hydroxyl groups excluding tert-OH is 1. The summed E-state index contributed by atoms with van der Waals surface area (Å²) in [4.78, 5) is 2.30. The summed E-state index contributed by atoms with van der Waals surface area (Å²) in [5, 5.41) is 28.6. The maximum atomic E-state index is 11.2. The van der Waals surface area contributed by atoms with Gasteiger partial charge in [-0.3, -0.25) is 9.58 Å². The zero-order valence-electron chi connectivity index (χ0n) is 16.9. The highest BCUT2D eigenvalue weighted by Gasteiger charge is 2.59. The SMILES string of the molecule is CC(CC(O)N1C2CC3(C)CC1CC(O)(C2)C3)c1nn(C)c2cccc(Cl)c12. The van der Waals surface area contributed by atoms with Gasteiger partial charge < -0.3 is 10.2 Å². The van der Waals surface area contributed by atoms with Crippen LogP contribution in [-0.2, 0) is 7.05 Å². The standard InChI is InChI=1S/C22H30ClN3O2/c1-13(20-19-16(23)5-4-6-17(19)25(3)24-20)7-18(27)26-14-8-21(2)9-15(26)11-22(28,10-14)12-21/h4-6,13-15,18,27-28H,7-12H2,1-3H3. The van der Waals surface area contributed by atoms with Crippen molar-refractivity contribution in [3.8, 4) is 0 Å². The Labute approximate surface area is 171 Å². The predicted molar refractivity (Wildman–Crippen MR) is 110 cm³/mol. The fourth-order valence-electron chi connectivity index (χ4n) is 6.81. The topological polar surface area (TPSA) is 61.5 Å². The Kier molecular flexibility index (Phi) is 4.16. The number of aryl methyl sites for hydroxylation is 1. The maximum absolute atomic E-state index is 11.2. The predicted octanol–water partition coefficient (Wildman–Crippen LogP) is 3.81. The third-order valence-corrected chi connectivity index (χ3v) is 7.83. The van der Waals surface area contributed by atoms with Crippen LogP contribution in [0.5, 0.6) is 0 Å². The number of aliphatic hydroxyl groups is 2. The van der Waals surface area contributed by atoms with E-state index in [-0.39, 0.29) is 23.4 Å². The van der Waals surface area contributed by atoms with Crippen LogP contribution in [-0.4, -0.2) is 48.8 Å². The van der Waals surface area contributed by atoms with Gasteiger partial charge in [-0.05, 0) is 56.1 Å². The molecule has 3 heterocycles. The number of piperidine rings is 2. The summed E-state index contributed by atoms with van der Waals surface area (Å²) in [5.41, 5.74) is 1.69. The van der Waals surface area contributed by atoms with E-state index in [4.69, 9.17) is 16.7 Å². The second-order valence-corrected chi connectivity index (χ2v) is 10.5. The summed E-state index contributed by atoms with van der Waals surface area (Å²) >= 11 is 6.48. The molecule has 0 amide bonds. The van der Waals surface area contributed by atoms with Crippen molar-refractivity contribution in [3.63, 3.8) is 0 Å². The average Bonchev–Trinajstić information content (AvgIpc) is 2.90. The lowest BCUT2D eigenvalue weighted by atomic mass is 9.54.